The van der Waals surface area contributed by atoms with E-state index in [2.05, 4.69) is 35.9 Å². The topological polar surface area (TPSA) is 123 Å². The molecule has 0 bridgehead atoms. The number of hydrogen-bond donors (Lipinski definition) is 3. The van der Waals surface area contributed by atoms with Crippen LogP contribution in [0.15, 0.2) is 6.33 Å². The summed E-state index contributed by atoms with van der Waals surface area (Å²) in [4.78, 5) is 14.3. The molecule has 0 saturated heterocycles. The van der Waals surface area contributed by atoms with Gasteiger partial charge in [0.05, 0.1) is 0 Å². The summed E-state index contributed by atoms with van der Waals surface area (Å²) < 4.78 is 1.87. The Labute approximate surface area is 116 Å². The molecule has 20 heavy (non-hydrogen) atoms. The molecule has 0 fully saturated rings. The third-order valence-electron chi connectivity index (χ3n) is 2.59. The second kappa shape index (κ2) is 6.10. The summed E-state index contributed by atoms with van der Waals surface area (Å²) in [6, 6.07) is 0. The third kappa shape index (κ3) is 3.29. The van der Waals surface area contributed by atoms with E-state index in [1.807, 2.05) is 25.7 Å². The van der Waals surface area contributed by atoms with Gasteiger partial charge in [0.15, 0.2) is 0 Å². The van der Waals surface area contributed by atoms with E-state index in [4.69, 9.17) is 5.84 Å². The van der Waals surface area contributed by atoms with Crippen LogP contribution in [0.25, 0.3) is 0 Å². The molecule has 0 atom stereocenters. The smallest absolute Gasteiger partial charge is 0.243 e. The Balaban J connectivity index is 2.01. The lowest BCUT2D eigenvalue weighted by atomic mass is 10.4. The molecule has 2 rings (SSSR count). The highest BCUT2D eigenvalue weighted by Crippen LogP contribution is 2.10. The van der Waals surface area contributed by atoms with Gasteiger partial charge in [-0.05, 0) is 0 Å². The van der Waals surface area contributed by atoms with Gasteiger partial charge in [-0.25, -0.2) is 5.84 Å². The van der Waals surface area contributed by atoms with Gasteiger partial charge in [0.1, 0.15) is 12.2 Å². The summed E-state index contributed by atoms with van der Waals surface area (Å²) in [5.74, 6) is 7.52. The molecule has 10 heteroatoms. The van der Waals surface area contributed by atoms with Crippen molar-refractivity contribution < 1.29 is 0 Å². The predicted octanol–water partition coefficient (Wildman–Crippen LogP) is -0.994. The van der Waals surface area contributed by atoms with Crippen LogP contribution in [-0.4, -0.2) is 50.4 Å². The van der Waals surface area contributed by atoms with Gasteiger partial charge in [0.2, 0.25) is 17.8 Å². The van der Waals surface area contributed by atoms with Crippen molar-refractivity contribution in [3.05, 3.63) is 12.2 Å². The van der Waals surface area contributed by atoms with Crippen LogP contribution in [-0.2, 0) is 13.5 Å². The van der Waals surface area contributed by atoms with E-state index in [9.17, 15) is 0 Å². The number of nitrogens with two attached hydrogens (primary N) is 1. The van der Waals surface area contributed by atoms with E-state index in [1.54, 1.807) is 11.2 Å². The van der Waals surface area contributed by atoms with Crippen molar-refractivity contribution in [2.45, 2.75) is 6.42 Å². The van der Waals surface area contributed by atoms with Crippen molar-refractivity contribution in [3.8, 4) is 0 Å². The first-order chi connectivity index (χ1) is 9.60. The first-order valence-electron chi connectivity index (χ1n) is 6.07. The fourth-order valence-electron chi connectivity index (χ4n) is 1.53. The maximum absolute atomic E-state index is 5.34. The SMILES string of the molecule is CN(C)c1nc(NN)nc(NCCc2nncn2C)n1. The summed E-state index contributed by atoms with van der Waals surface area (Å²) >= 11 is 0. The van der Waals surface area contributed by atoms with Crippen LogP contribution in [0.3, 0.4) is 0 Å². The maximum atomic E-state index is 5.34. The van der Waals surface area contributed by atoms with Gasteiger partial charge in [0, 0.05) is 34.1 Å². The van der Waals surface area contributed by atoms with Crippen molar-refractivity contribution in [1.29, 1.82) is 0 Å². The lowest BCUT2D eigenvalue weighted by Gasteiger charge is -2.13. The van der Waals surface area contributed by atoms with E-state index in [0.717, 1.165) is 5.82 Å². The Morgan fingerprint density at radius 3 is 2.60 bits per heavy atom. The van der Waals surface area contributed by atoms with Crippen LogP contribution in [0.4, 0.5) is 17.8 Å². The average molecular weight is 278 g/mol. The van der Waals surface area contributed by atoms with Gasteiger partial charge in [-0.1, -0.05) is 0 Å². The third-order valence-corrected chi connectivity index (χ3v) is 2.59. The molecule has 0 spiro atoms. The molecule has 108 valence electrons. The van der Waals surface area contributed by atoms with E-state index >= 15 is 0 Å². The number of nitrogen functional groups attached to an aromatic ring is 1. The molecule has 2 aromatic heterocycles. The molecule has 0 aliphatic rings. The lowest BCUT2D eigenvalue weighted by Crippen LogP contribution is -2.19. The molecule has 0 aromatic carbocycles. The molecular weight excluding hydrogens is 260 g/mol. The summed E-state index contributed by atoms with van der Waals surface area (Å²) in [6.07, 6.45) is 2.38. The minimum atomic E-state index is 0.310. The van der Waals surface area contributed by atoms with Crippen LogP contribution in [0.5, 0.6) is 0 Å². The molecule has 0 saturated carbocycles. The zero-order chi connectivity index (χ0) is 14.5. The van der Waals surface area contributed by atoms with E-state index in [1.165, 1.54) is 0 Å². The van der Waals surface area contributed by atoms with Gasteiger partial charge >= 0.3 is 0 Å². The monoisotopic (exact) mass is 278 g/mol. The molecule has 0 amide bonds. The molecule has 4 N–H and O–H groups in total. The summed E-state index contributed by atoms with van der Waals surface area (Å²) in [7, 11) is 5.59. The first-order valence-corrected chi connectivity index (χ1v) is 6.07. The Morgan fingerprint density at radius 2 is 2.00 bits per heavy atom. The van der Waals surface area contributed by atoms with Gasteiger partial charge < -0.3 is 14.8 Å². The van der Waals surface area contributed by atoms with Crippen LogP contribution in [0, 0.1) is 0 Å². The van der Waals surface area contributed by atoms with Crippen molar-refractivity contribution >= 4 is 17.8 Å². The standard InChI is InChI=1S/C10H18N10/c1-19(2)10-15-8(14-9(16-10)17-11)12-5-4-7-18-13-6-20(7)3/h6H,4-5,11H2,1-3H3,(H2,12,14,15,16,17). The van der Waals surface area contributed by atoms with Crippen LogP contribution in [0.1, 0.15) is 5.82 Å². The highest BCUT2D eigenvalue weighted by atomic mass is 15.4. The normalized spacial score (nSPS) is 10.4. The van der Waals surface area contributed by atoms with Crippen LogP contribution >= 0.6 is 0 Å². The lowest BCUT2D eigenvalue weighted by molar-refractivity contribution is 0.784. The molecule has 0 aliphatic carbocycles. The quantitative estimate of drug-likeness (QED) is 0.451. The fraction of sp³-hybridized carbons (Fsp3) is 0.500. The number of rotatable bonds is 6. The zero-order valence-corrected chi connectivity index (χ0v) is 11.7. The van der Waals surface area contributed by atoms with Crippen molar-refractivity contribution in [3.63, 3.8) is 0 Å². The van der Waals surface area contributed by atoms with Crippen LogP contribution in [0.2, 0.25) is 0 Å². The number of nitrogens with one attached hydrogen (secondary N) is 2. The summed E-state index contributed by atoms with van der Waals surface area (Å²) in [6.45, 7) is 0.632. The number of aryl methyl sites for hydroxylation is 1. The second-order valence-corrected chi connectivity index (χ2v) is 4.36. The van der Waals surface area contributed by atoms with E-state index in [-0.39, 0.29) is 0 Å². The first kappa shape index (κ1) is 13.9. The van der Waals surface area contributed by atoms with Gasteiger partial charge in [0.25, 0.3) is 0 Å². The van der Waals surface area contributed by atoms with Crippen molar-refractivity contribution in [2.24, 2.45) is 12.9 Å². The molecule has 2 heterocycles. The minimum Gasteiger partial charge on any atom is -0.354 e. The minimum absolute atomic E-state index is 0.310. The van der Waals surface area contributed by atoms with Gasteiger partial charge in [-0.2, -0.15) is 15.0 Å². The molecule has 10 nitrogen and oxygen atoms in total. The van der Waals surface area contributed by atoms with Crippen molar-refractivity contribution in [2.75, 3.05) is 36.3 Å². The van der Waals surface area contributed by atoms with E-state index in [0.29, 0.717) is 30.8 Å². The molecular formula is C10H18N10. The molecule has 0 unspecified atom stereocenters. The highest BCUT2D eigenvalue weighted by molar-refractivity contribution is 5.42. The molecule has 2 aromatic rings. The summed E-state index contributed by atoms with van der Waals surface area (Å²) in [5, 5.41) is 10.9. The largest absolute Gasteiger partial charge is 0.354 e. The van der Waals surface area contributed by atoms with E-state index < -0.39 is 0 Å². The maximum Gasteiger partial charge on any atom is 0.243 e. The number of hydrazine groups is 1. The average Bonchev–Trinajstić information content (AvgIpc) is 2.84. The Kier molecular flexibility index (Phi) is 4.25. The predicted molar refractivity (Wildman–Crippen MR) is 75.2 cm³/mol. The highest BCUT2D eigenvalue weighted by Gasteiger charge is 2.07. The zero-order valence-electron chi connectivity index (χ0n) is 11.7. The van der Waals surface area contributed by atoms with Crippen LogP contribution < -0.4 is 21.5 Å². The second-order valence-electron chi connectivity index (χ2n) is 4.36. The van der Waals surface area contributed by atoms with Crippen molar-refractivity contribution in [1.82, 2.24) is 29.7 Å². The number of nitrogens with zero attached hydrogens (tertiary/aromatic N) is 7. The number of anilines is 3. The Bertz CT molecular complexity index is 563. The number of aromatic nitrogens is 6. The Morgan fingerprint density at radius 1 is 1.25 bits per heavy atom. The van der Waals surface area contributed by atoms with Gasteiger partial charge in [-0.3, -0.25) is 5.43 Å². The fourth-order valence-corrected chi connectivity index (χ4v) is 1.53. The number of hydrogen-bond acceptors (Lipinski definition) is 9. The Hall–Kier alpha value is -2.49. The molecule has 0 aliphatic heterocycles. The summed E-state index contributed by atoms with van der Waals surface area (Å²) in [5.41, 5.74) is 2.42. The van der Waals surface area contributed by atoms with Gasteiger partial charge in [-0.15, -0.1) is 10.2 Å². The molecule has 0 radical (unpaired) electrons.